The Morgan fingerprint density at radius 2 is 2.00 bits per heavy atom. The van der Waals surface area contributed by atoms with E-state index in [0.717, 1.165) is 5.56 Å². The number of amides is 1. The highest BCUT2D eigenvalue weighted by Crippen LogP contribution is 2.11. The van der Waals surface area contributed by atoms with E-state index in [2.05, 4.69) is 5.32 Å². The molecule has 0 aliphatic rings. The first-order valence-corrected chi connectivity index (χ1v) is 5.83. The minimum absolute atomic E-state index is 0.199. The number of furan rings is 1. The number of hydrogen-bond donors (Lipinski definition) is 2. The highest BCUT2D eigenvalue weighted by molar-refractivity contribution is 5.91. The second kappa shape index (κ2) is 6.06. The van der Waals surface area contributed by atoms with Crippen molar-refractivity contribution < 1.29 is 19.1 Å². The standard InChI is InChI=1S/C14H15NO4/c1-18-9-12-6-7-13(19-12)14(17)15-8-10-2-4-11(16)5-3-10/h2-7,16H,8-9H2,1H3,(H,15,17). The van der Waals surface area contributed by atoms with Gasteiger partial charge in [0.2, 0.25) is 0 Å². The van der Waals surface area contributed by atoms with Gasteiger partial charge in [0.25, 0.3) is 5.91 Å². The van der Waals surface area contributed by atoms with Gasteiger partial charge in [0.05, 0.1) is 0 Å². The number of carbonyl (C=O) groups excluding carboxylic acids is 1. The van der Waals surface area contributed by atoms with E-state index in [1.807, 2.05) is 0 Å². The predicted molar refractivity (Wildman–Crippen MR) is 68.7 cm³/mol. The van der Waals surface area contributed by atoms with Gasteiger partial charge in [-0.05, 0) is 29.8 Å². The number of methoxy groups -OCH3 is 1. The molecule has 0 radical (unpaired) electrons. The molecule has 2 rings (SSSR count). The van der Waals surface area contributed by atoms with Crippen molar-refractivity contribution in [2.24, 2.45) is 0 Å². The summed E-state index contributed by atoms with van der Waals surface area (Å²) in [5.41, 5.74) is 0.898. The molecule has 0 spiro atoms. The lowest BCUT2D eigenvalue weighted by molar-refractivity contribution is 0.0914. The summed E-state index contributed by atoms with van der Waals surface area (Å²) in [5.74, 6) is 0.781. The van der Waals surface area contributed by atoms with E-state index in [-0.39, 0.29) is 17.4 Å². The average Bonchev–Trinajstić information content (AvgIpc) is 2.87. The van der Waals surface area contributed by atoms with Gasteiger partial charge in [-0.15, -0.1) is 0 Å². The quantitative estimate of drug-likeness (QED) is 0.864. The average molecular weight is 261 g/mol. The van der Waals surface area contributed by atoms with Crippen molar-refractivity contribution in [2.45, 2.75) is 13.2 Å². The first-order valence-electron chi connectivity index (χ1n) is 5.83. The van der Waals surface area contributed by atoms with Crippen molar-refractivity contribution in [3.8, 4) is 5.75 Å². The molecular formula is C14H15NO4. The van der Waals surface area contributed by atoms with Crippen LogP contribution in [-0.4, -0.2) is 18.1 Å². The highest BCUT2D eigenvalue weighted by atomic mass is 16.5. The first-order chi connectivity index (χ1) is 9.19. The number of carbonyl (C=O) groups is 1. The number of rotatable bonds is 5. The summed E-state index contributed by atoms with van der Waals surface area (Å²) in [6.45, 7) is 0.713. The van der Waals surface area contributed by atoms with Crippen LogP contribution < -0.4 is 5.32 Å². The van der Waals surface area contributed by atoms with Gasteiger partial charge < -0.3 is 19.6 Å². The SMILES string of the molecule is COCc1ccc(C(=O)NCc2ccc(O)cc2)o1. The molecule has 0 aliphatic carbocycles. The van der Waals surface area contributed by atoms with Crippen LogP contribution in [0, 0.1) is 0 Å². The molecule has 0 unspecified atom stereocenters. The van der Waals surface area contributed by atoms with E-state index >= 15 is 0 Å². The first kappa shape index (κ1) is 13.2. The molecule has 5 nitrogen and oxygen atoms in total. The molecule has 2 N–H and O–H groups in total. The molecule has 5 heteroatoms. The van der Waals surface area contributed by atoms with E-state index in [4.69, 9.17) is 14.3 Å². The van der Waals surface area contributed by atoms with Gasteiger partial charge >= 0.3 is 0 Å². The van der Waals surface area contributed by atoms with Crippen LogP contribution in [0.3, 0.4) is 0 Å². The molecule has 1 aromatic heterocycles. The zero-order valence-electron chi connectivity index (χ0n) is 10.6. The van der Waals surface area contributed by atoms with E-state index in [1.165, 1.54) is 0 Å². The van der Waals surface area contributed by atoms with Gasteiger partial charge in [-0.3, -0.25) is 4.79 Å². The molecule has 0 saturated carbocycles. The maximum atomic E-state index is 11.8. The summed E-state index contributed by atoms with van der Waals surface area (Å²) >= 11 is 0. The van der Waals surface area contributed by atoms with Crippen LogP contribution in [0.15, 0.2) is 40.8 Å². The molecule has 2 aromatic rings. The molecule has 1 aromatic carbocycles. The molecule has 1 amide bonds. The topological polar surface area (TPSA) is 71.7 Å². The molecule has 0 saturated heterocycles. The fourth-order valence-corrected chi connectivity index (χ4v) is 1.60. The lowest BCUT2D eigenvalue weighted by Crippen LogP contribution is -2.22. The van der Waals surface area contributed by atoms with Crippen molar-refractivity contribution in [1.29, 1.82) is 0 Å². The van der Waals surface area contributed by atoms with Gasteiger partial charge in [0.15, 0.2) is 5.76 Å². The summed E-state index contributed by atoms with van der Waals surface area (Å²) in [4.78, 5) is 11.8. The maximum absolute atomic E-state index is 11.8. The molecule has 0 aliphatic heterocycles. The fourth-order valence-electron chi connectivity index (χ4n) is 1.60. The second-order valence-corrected chi connectivity index (χ2v) is 4.05. The van der Waals surface area contributed by atoms with Gasteiger partial charge in [-0.25, -0.2) is 0 Å². The van der Waals surface area contributed by atoms with Crippen molar-refractivity contribution in [3.05, 3.63) is 53.5 Å². The van der Waals surface area contributed by atoms with Crippen LogP contribution >= 0.6 is 0 Å². The third-order valence-corrected chi connectivity index (χ3v) is 2.56. The smallest absolute Gasteiger partial charge is 0.287 e. The fraction of sp³-hybridized carbons (Fsp3) is 0.214. The Bertz CT molecular complexity index is 545. The maximum Gasteiger partial charge on any atom is 0.287 e. The summed E-state index contributed by atoms with van der Waals surface area (Å²) in [6, 6.07) is 9.96. The third-order valence-electron chi connectivity index (χ3n) is 2.56. The number of nitrogens with one attached hydrogen (secondary N) is 1. The number of aromatic hydroxyl groups is 1. The lowest BCUT2D eigenvalue weighted by atomic mass is 10.2. The van der Waals surface area contributed by atoms with Crippen LogP contribution in [0.4, 0.5) is 0 Å². The zero-order valence-corrected chi connectivity index (χ0v) is 10.6. The minimum atomic E-state index is -0.282. The molecule has 0 fully saturated rings. The van der Waals surface area contributed by atoms with E-state index in [9.17, 15) is 4.79 Å². The van der Waals surface area contributed by atoms with E-state index in [1.54, 1.807) is 43.5 Å². The number of ether oxygens (including phenoxy) is 1. The Morgan fingerprint density at radius 1 is 1.26 bits per heavy atom. The normalized spacial score (nSPS) is 10.4. The Balaban J connectivity index is 1.91. The predicted octanol–water partition coefficient (Wildman–Crippen LogP) is 2.06. The minimum Gasteiger partial charge on any atom is -0.508 e. The van der Waals surface area contributed by atoms with Gasteiger partial charge in [0, 0.05) is 13.7 Å². The lowest BCUT2D eigenvalue weighted by Gasteiger charge is -2.03. The molecule has 0 atom stereocenters. The molecule has 100 valence electrons. The number of phenols is 1. The van der Waals surface area contributed by atoms with Crippen LogP contribution in [0.1, 0.15) is 21.9 Å². The van der Waals surface area contributed by atoms with E-state index in [0.29, 0.717) is 18.9 Å². The Labute approximate surface area is 110 Å². The Hall–Kier alpha value is -2.27. The summed E-state index contributed by atoms with van der Waals surface area (Å²) in [5, 5.41) is 11.9. The number of phenolic OH excluding ortho intramolecular Hbond substituents is 1. The molecular weight excluding hydrogens is 246 g/mol. The highest BCUT2D eigenvalue weighted by Gasteiger charge is 2.10. The number of hydrogen-bond acceptors (Lipinski definition) is 4. The summed E-state index contributed by atoms with van der Waals surface area (Å²) in [6.07, 6.45) is 0. The van der Waals surface area contributed by atoms with Crippen LogP contribution in [0.5, 0.6) is 5.75 Å². The van der Waals surface area contributed by atoms with Crippen molar-refractivity contribution in [1.82, 2.24) is 5.32 Å². The van der Waals surface area contributed by atoms with Crippen LogP contribution in [0.25, 0.3) is 0 Å². The third kappa shape index (κ3) is 3.59. The number of benzene rings is 1. The van der Waals surface area contributed by atoms with Crippen LogP contribution in [-0.2, 0) is 17.9 Å². The summed E-state index contributed by atoms with van der Waals surface area (Å²) in [7, 11) is 1.56. The van der Waals surface area contributed by atoms with Gasteiger partial charge in [-0.2, -0.15) is 0 Å². The van der Waals surface area contributed by atoms with Crippen molar-refractivity contribution >= 4 is 5.91 Å². The van der Waals surface area contributed by atoms with Crippen LogP contribution in [0.2, 0.25) is 0 Å². The van der Waals surface area contributed by atoms with Gasteiger partial charge in [0.1, 0.15) is 18.1 Å². The Morgan fingerprint density at radius 3 is 2.68 bits per heavy atom. The van der Waals surface area contributed by atoms with Crippen molar-refractivity contribution in [2.75, 3.05) is 7.11 Å². The zero-order chi connectivity index (χ0) is 13.7. The molecule has 1 heterocycles. The largest absolute Gasteiger partial charge is 0.508 e. The summed E-state index contributed by atoms with van der Waals surface area (Å²) < 4.78 is 10.2. The molecule has 0 bridgehead atoms. The van der Waals surface area contributed by atoms with Crippen molar-refractivity contribution in [3.63, 3.8) is 0 Å². The Kier molecular flexibility index (Phi) is 4.20. The van der Waals surface area contributed by atoms with Gasteiger partial charge in [-0.1, -0.05) is 12.1 Å². The monoisotopic (exact) mass is 261 g/mol. The van der Waals surface area contributed by atoms with E-state index < -0.39 is 0 Å². The second-order valence-electron chi connectivity index (χ2n) is 4.05. The molecule has 19 heavy (non-hydrogen) atoms.